The Morgan fingerprint density at radius 2 is 1.91 bits per heavy atom. The monoisotopic (exact) mass is 446 g/mol. The lowest BCUT2D eigenvalue weighted by Gasteiger charge is -2.17. The van der Waals surface area contributed by atoms with E-state index >= 15 is 0 Å². The van der Waals surface area contributed by atoms with Crippen LogP contribution >= 0.6 is 0 Å². The molecule has 166 valence electrons. The maximum Gasteiger partial charge on any atom is 0.329 e. The fraction of sp³-hybridized carbons (Fsp3) is 0.130. The van der Waals surface area contributed by atoms with Crippen LogP contribution in [0, 0.1) is 16.0 Å². The van der Waals surface area contributed by atoms with Crippen LogP contribution in [0.25, 0.3) is 11.1 Å². The largest absolute Gasteiger partial charge is 0.496 e. The van der Waals surface area contributed by atoms with Crippen molar-refractivity contribution < 1.29 is 24.0 Å². The SMILES string of the molecule is COc1ccc(N2N=C(C)C(C(=O)Oc3ccc([N+](=O)[O-])cc3)C2=O)cc1-c1cccnc1. The molecule has 4 rings (SSSR count). The summed E-state index contributed by atoms with van der Waals surface area (Å²) in [6, 6.07) is 13.8. The van der Waals surface area contributed by atoms with Gasteiger partial charge in [-0.15, -0.1) is 0 Å². The van der Waals surface area contributed by atoms with Crippen LogP contribution in [-0.4, -0.2) is 34.6 Å². The highest BCUT2D eigenvalue weighted by molar-refractivity contribution is 6.25. The second kappa shape index (κ2) is 8.87. The van der Waals surface area contributed by atoms with Crippen LogP contribution in [0.5, 0.6) is 11.5 Å². The molecule has 0 fully saturated rings. The topological polar surface area (TPSA) is 124 Å². The standard InChI is InChI=1S/C23H18N4O6/c1-14-21(23(29)33-18-8-5-16(6-9-18)27(30)31)22(28)26(25-14)17-7-10-20(32-2)19(12-17)15-4-3-11-24-13-15/h3-13,21H,1-2H3. The predicted octanol–water partition coefficient (Wildman–Crippen LogP) is 3.61. The predicted molar refractivity (Wildman–Crippen MR) is 119 cm³/mol. The smallest absolute Gasteiger partial charge is 0.329 e. The van der Waals surface area contributed by atoms with Crippen molar-refractivity contribution in [2.24, 2.45) is 11.0 Å². The number of methoxy groups -OCH3 is 1. The van der Waals surface area contributed by atoms with Gasteiger partial charge in [-0.05, 0) is 43.3 Å². The van der Waals surface area contributed by atoms with Crippen molar-refractivity contribution in [1.29, 1.82) is 0 Å². The van der Waals surface area contributed by atoms with Crippen LogP contribution in [0.2, 0.25) is 0 Å². The molecule has 0 aliphatic carbocycles. The molecule has 0 spiro atoms. The molecule has 0 N–H and O–H groups in total. The molecule has 1 amide bonds. The fourth-order valence-corrected chi connectivity index (χ4v) is 3.41. The van der Waals surface area contributed by atoms with E-state index in [4.69, 9.17) is 9.47 Å². The molecule has 1 aliphatic rings. The second-order valence-corrected chi connectivity index (χ2v) is 7.12. The molecule has 33 heavy (non-hydrogen) atoms. The third-order valence-electron chi connectivity index (χ3n) is 5.03. The number of hydrogen-bond donors (Lipinski definition) is 0. The molecule has 2 heterocycles. The molecular weight excluding hydrogens is 428 g/mol. The molecule has 0 bridgehead atoms. The van der Waals surface area contributed by atoms with Crippen LogP contribution in [-0.2, 0) is 9.59 Å². The summed E-state index contributed by atoms with van der Waals surface area (Å²) in [6.07, 6.45) is 3.32. The molecule has 0 radical (unpaired) electrons. The summed E-state index contributed by atoms with van der Waals surface area (Å²) >= 11 is 0. The number of nitrogens with zero attached hydrogens (tertiary/aromatic N) is 4. The van der Waals surface area contributed by atoms with Gasteiger partial charge in [0.25, 0.3) is 11.6 Å². The van der Waals surface area contributed by atoms with E-state index in [1.807, 2.05) is 6.07 Å². The van der Waals surface area contributed by atoms with E-state index in [1.54, 1.807) is 50.7 Å². The van der Waals surface area contributed by atoms with Crippen molar-refractivity contribution in [3.05, 3.63) is 77.1 Å². The normalized spacial score (nSPS) is 15.2. The van der Waals surface area contributed by atoms with Crippen molar-refractivity contribution in [2.75, 3.05) is 12.1 Å². The van der Waals surface area contributed by atoms with E-state index in [0.29, 0.717) is 17.0 Å². The minimum atomic E-state index is -1.23. The van der Waals surface area contributed by atoms with Crippen molar-refractivity contribution in [3.63, 3.8) is 0 Å². The number of carbonyl (C=O) groups is 2. The van der Waals surface area contributed by atoms with Crippen molar-refractivity contribution in [2.45, 2.75) is 6.92 Å². The lowest BCUT2D eigenvalue weighted by Crippen LogP contribution is -2.35. The number of pyridine rings is 1. The molecule has 0 saturated heterocycles. The lowest BCUT2D eigenvalue weighted by molar-refractivity contribution is -0.384. The first-order valence-electron chi connectivity index (χ1n) is 9.82. The highest BCUT2D eigenvalue weighted by Crippen LogP contribution is 2.35. The number of benzene rings is 2. The van der Waals surface area contributed by atoms with E-state index in [-0.39, 0.29) is 17.1 Å². The molecular formula is C23H18N4O6. The van der Waals surface area contributed by atoms with Crippen molar-refractivity contribution >= 4 is 29.0 Å². The van der Waals surface area contributed by atoms with Gasteiger partial charge < -0.3 is 9.47 Å². The molecule has 10 heteroatoms. The maximum atomic E-state index is 13.1. The lowest BCUT2D eigenvalue weighted by atomic mass is 10.0. The van der Waals surface area contributed by atoms with Crippen molar-refractivity contribution in [1.82, 2.24) is 4.98 Å². The molecule has 2 aromatic carbocycles. The quantitative estimate of drug-likeness (QED) is 0.186. The number of rotatable bonds is 6. The number of hydrogen-bond acceptors (Lipinski definition) is 8. The van der Waals surface area contributed by atoms with Gasteiger partial charge >= 0.3 is 5.97 Å². The number of amides is 1. The number of anilines is 1. The van der Waals surface area contributed by atoms with Gasteiger partial charge in [-0.2, -0.15) is 10.1 Å². The minimum Gasteiger partial charge on any atom is -0.496 e. The third kappa shape index (κ3) is 4.26. The van der Waals surface area contributed by atoms with Crippen LogP contribution in [0.15, 0.2) is 72.1 Å². The first-order chi connectivity index (χ1) is 15.9. The van der Waals surface area contributed by atoms with Gasteiger partial charge in [0.2, 0.25) is 0 Å². The summed E-state index contributed by atoms with van der Waals surface area (Å²) in [5.41, 5.74) is 2.08. The highest BCUT2D eigenvalue weighted by atomic mass is 16.6. The van der Waals surface area contributed by atoms with E-state index in [0.717, 1.165) is 10.6 Å². The second-order valence-electron chi connectivity index (χ2n) is 7.12. The molecule has 1 aliphatic heterocycles. The Labute approximate surface area is 188 Å². The Hall–Kier alpha value is -4.60. The number of hydrazone groups is 1. The molecule has 0 saturated carbocycles. The molecule has 1 atom stereocenters. The van der Waals surface area contributed by atoms with Gasteiger partial charge in [0.15, 0.2) is 5.92 Å². The summed E-state index contributed by atoms with van der Waals surface area (Å²) in [6.45, 7) is 1.56. The number of non-ortho nitro benzene ring substituents is 1. The number of aromatic nitrogens is 1. The Balaban J connectivity index is 1.57. The number of nitro benzene ring substituents is 1. The van der Waals surface area contributed by atoms with Gasteiger partial charge in [0, 0.05) is 35.7 Å². The van der Waals surface area contributed by atoms with E-state index in [9.17, 15) is 19.7 Å². The van der Waals surface area contributed by atoms with Gasteiger partial charge in [0.05, 0.1) is 23.4 Å². The van der Waals surface area contributed by atoms with Gasteiger partial charge in [-0.25, -0.2) is 0 Å². The van der Waals surface area contributed by atoms with E-state index in [2.05, 4.69) is 10.1 Å². The first kappa shape index (κ1) is 21.6. The van der Waals surface area contributed by atoms with E-state index < -0.39 is 22.7 Å². The Bertz CT molecular complexity index is 1260. The molecule has 1 unspecified atom stereocenters. The third-order valence-corrected chi connectivity index (χ3v) is 5.03. The highest BCUT2D eigenvalue weighted by Gasteiger charge is 2.41. The van der Waals surface area contributed by atoms with Crippen molar-refractivity contribution in [3.8, 4) is 22.6 Å². The van der Waals surface area contributed by atoms with Crippen LogP contribution in [0.1, 0.15) is 6.92 Å². The Kier molecular flexibility index (Phi) is 5.81. The summed E-state index contributed by atoms with van der Waals surface area (Å²) in [4.78, 5) is 40.1. The van der Waals surface area contributed by atoms with Crippen LogP contribution in [0.3, 0.4) is 0 Å². The zero-order chi connectivity index (χ0) is 23.5. The fourth-order valence-electron chi connectivity index (χ4n) is 3.41. The zero-order valence-electron chi connectivity index (χ0n) is 17.7. The summed E-state index contributed by atoms with van der Waals surface area (Å²) in [7, 11) is 1.54. The van der Waals surface area contributed by atoms with Gasteiger partial charge in [-0.3, -0.25) is 24.7 Å². The average Bonchev–Trinajstić information content (AvgIpc) is 3.13. The van der Waals surface area contributed by atoms with E-state index in [1.165, 1.54) is 24.3 Å². The van der Waals surface area contributed by atoms with Crippen LogP contribution < -0.4 is 14.5 Å². The average molecular weight is 446 g/mol. The minimum absolute atomic E-state index is 0.0907. The Morgan fingerprint density at radius 1 is 1.15 bits per heavy atom. The number of nitro groups is 1. The number of carbonyl (C=O) groups excluding carboxylic acids is 2. The van der Waals surface area contributed by atoms with Crippen LogP contribution in [0.4, 0.5) is 11.4 Å². The summed E-state index contributed by atoms with van der Waals surface area (Å²) < 4.78 is 10.7. The van der Waals surface area contributed by atoms with Gasteiger partial charge in [-0.1, -0.05) is 6.07 Å². The zero-order valence-corrected chi connectivity index (χ0v) is 17.7. The summed E-state index contributed by atoms with van der Waals surface area (Å²) in [5.74, 6) is -1.94. The Morgan fingerprint density at radius 3 is 2.55 bits per heavy atom. The molecule has 1 aromatic heterocycles. The maximum absolute atomic E-state index is 13.1. The summed E-state index contributed by atoms with van der Waals surface area (Å²) in [5, 5.41) is 16.2. The molecule has 3 aromatic rings. The first-order valence-corrected chi connectivity index (χ1v) is 9.82. The number of esters is 1. The number of ether oxygens (including phenoxy) is 2. The molecule has 10 nitrogen and oxygen atoms in total. The van der Waals surface area contributed by atoms with Gasteiger partial charge in [0.1, 0.15) is 11.5 Å².